The smallest absolute Gasteiger partial charge is 0.446 e. The van der Waals surface area contributed by atoms with Gasteiger partial charge < -0.3 is 14.6 Å². The molecule has 0 aliphatic carbocycles. The van der Waals surface area contributed by atoms with E-state index >= 15 is 0 Å². The maximum atomic E-state index is 12.5. The molecule has 1 N–H and O–H groups in total. The zero-order valence-corrected chi connectivity index (χ0v) is 49.3. The molecule has 0 radical (unpaired) electrons. The van der Waals surface area contributed by atoms with Crippen molar-refractivity contribution in [2.24, 2.45) is 0 Å². The number of ether oxygens (including phenoxy) is 2. The van der Waals surface area contributed by atoms with E-state index in [2.05, 4.69) is 134 Å². The number of methoxy groups -OCH3 is 2. The van der Waals surface area contributed by atoms with Crippen LogP contribution in [0.4, 0.5) is 65.9 Å². The molecule has 370 valence electrons. The van der Waals surface area contributed by atoms with E-state index < -0.39 is 111 Å². The van der Waals surface area contributed by atoms with Crippen molar-refractivity contribution in [1.82, 2.24) is 0 Å². The number of carboxylic acid groups (broad SMARTS) is 1. The maximum Gasteiger partial charge on any atom is 0.446 e. The first-order valence-electron chi connectivity index (χ1n) is 16.0. The largest absolute Gasteiger partial charge is 0.478 e. The molecule has 0 aliphatic rings. The molecule has 0 heterocycles. The van der Waals surface area contributed by atoms with Gasteiger partial charge >= 0.3 is 124 Å². The number of thioether (sulfide) groups is 2. The predicted octanol–water partition coefficient (Wildman–Crippen LogP) is 15.0. The zero-order chi connectivity index (χ0) is 51.4. The van der Waals surface area contributed by atoms with Crippen LogP contribution in [-0.2, 0) is 28.0 Å². The topological polar surface area (TPSA) is 89.9 Å². The van der Waals surface area contributed by atoms with Crippen molar-refractivity contribution in [2.75, 3.05) is 14.2 Å². The Kier molecular flexibility index (Phi) is 33.7. The number of esters is 2. The number of benzene rings is 3. The van der Waals surface area contributed by atoms with Gasteiger partial charge in [-0.05, 0) is 101 Å². The number of halogens is 22. The first-order valence-corrected chi connectivity index (χ1v) is 45.1. The molecule has 0 unspecified atom stereocenters. The molecule has 0 bridgehead atoms. The Hall–Kier alpha value is 0.830. The minimum Gasteiger partial charge on any atom is -0.478 e. The first kappa shape index (κ1) is 69.1. The Labute approximate surface area is 435 Å². The third-order valence-corrected chi connectivity index (χ3v) is 7.28. The van der Waals surface area contributed by atoms with Crippen LogP contribution in [0.3, 0.4) is 0 Å². The van der Waals surface area contributed by atoms with Crippen LogP contribution in [0.2, 0.25) is 0 Å². The fraction of sp³-hybridized carbons (Fsp3) is 0.382. The van der Waals surface area contributed by atoms with Crippen LogP contribution in [0.1, 0.15) is 81.9 Å². The number of carbonyl (C=O) groups excluding carboxylic acids is 2. The summed E-state index contributed by atoms with van der Waals surface area (Å²) in [5, 5.41) is 8.54. The van der Waals surface area contributed by atoms with Crippen LogP contribution < -0.4 is 2.53 Å². The van der Waals surface area contributed by atoms with Gasteiger partial charge in [-0.15, -0.1) is 0 Å². The average Bonchev–Trinajstić information content (AvgIpc) is 3.07. The summed E-state index contributed by atoms with van der Waals surface area (Å²) in [6.07, 6.45) is -13.0. The second-order valence-electron chi connectivity index (χ2n) is 11.1. The first-order chi connectivity index (χ1) is 28.5. The molecule has 0 aromatic heterocycles. The summed E-state index contributed by atoms with van der Waals surface area (Å²) in [5.74, 6) is -3.65. The summed E-state index contributed by atoms with van der Waals surface area (Å²) in [4.78, 5) is 31.2. The molecule has 0 fully saturated rings. The monoisotopic (exact) mass is 1770 g/mol. The Bertz CT molecular complexity index is 1910. The minimum atomic E-state index is -4.91. The quantitative estimate of drug-likeness (QED) is 0.0889. The molecule has 0 amide bonds. The molecule has 0 saturated heterocycles. The van der Waals surface area contributed by atoms with Gasteiger partial charge in [0.1, 0.15) is 0 Å². The fourth-order valence-electron chi connectivity index (χ4n) is 3.26. The number of aromatic carboxylic acids is 1. The average molecular weight is 1770 g/mol. The second-order valence-corrected chi connectivity index (χ2v) is 115. The minimum absolute atomic E-state index is 0.100. The van der Waals surface area contributed by atoms with Crippen LogP contribution in [0.5, 0.6) is 0 Å². The summed E-state index contributed by atoms with van der Waals surface area (Å²) in [7, 11) is 2.04. The van der Waals surface area contributed by atoms with Crippen molar-refractivity contribution in [3.8, 4) is 0 Å². The molecule has 3 aromatic carbocycles. The van der Waals surface area contributed by atoms with Crippen LogP contribution in [0.15, 0.2) is 64.4 Å². The molecule has 6 nitrogen and oxygen atoms in total. The van der Waals surface area contributed by atoms with E-state index in [4.69, 9.17) is 5.11 Å². The van der Waals surface area contributed by atoms with Gasteiger partial charge in [-0.1, -0.05) is 56.7 Å². The standard InChI is InChI=1S/C10H6F6O2S.C9H4F6O2S.C9H6F3IO2.C3H7I.C3H8.I5/c1-18-8(17)5-2-6(9(11,12)13)4-7(3-5)19-10(14,15)16;10-8(11,12)5-1-4(7(16)17)2-6(3-5)18-9(13,14)15;1-15-8(14)5-2-6(9(10,11)12)4-7(13)3-5;1-3(2)4;1-3-2;1-5(2,3)4/h2-4H,1H3;1-3H,(H,16,17);2-4H,1H3;3H,1-2H3;3H2,1-2H3;/q;;;;;-1. The summed E-state index contributed by atoms with van der Waals surface area (Å²) in [6, 6.07) is 5.60. The van der Waals surface area contributed by atoms with Crippen LogP contribution >= 0.6 is 143 Å². The van der Waals surface area contributed by atoms with E-state index in [1.165, 1.54) is 12.5 Å². The van der Waals surface area contributed by atoms with Crippen molar-refractivity contribution >= 4 is 161 Å². The van der Waals surface area contributed by atoms with E-state index in [0.717, 1.165) is 30.3 Å². The molecule has 30 heteroatoms. The van der Waals surface area contributed by atoms with Gasteiger partial charge in [0, 0.05) is 17.3 Å². The molecule has 0 saturated carbocycles. The third-order valence-electron chi connectivity index (χ3n) is 5.25. The molecule has 0 spiro atoms. The Morgan fingerprint density at radius 1 is 0.578 bits per heavy atom. The summed E-state index contributed by atoms with van der Waals surface area (Å²) < 4.78 is 193. The number of carbonyl (C=O) groups is 3. The molecule has 64 heavy (non-hydrogen) atoms. The normalized spacial score (nSPS) is 11.9. The van der Waals surface area contributed by atoms with Crippen LogP contribution in [0, 0.1) is 3.57 Å². The molecular formula is C34H31F15I7O6S2-. The van der Waals surface area contributed by atoms with E-state index in [1.54, 1.807) is 22.6 Å². The van der Waals surface area contributed by atoms with Crippen molar-refractivity contribution in [3.05, 3.63) is 91.5 Å². The second kappa shape index (κ2) is 31.2. The van der Waals surface area contributed by atoms with E-state index in [-0.39, 0.29) is 17.7 Å². The van der Waals surface area contributed by atoms with Gasteiger partial charge in [-0.2, -0.15) is 65.9 Å². The van der Waals surface area contributed by atoms with E-state index in [1.807, 2.05) is 0 Å². The SMILES string of the molecule is CC(C)I.CCC.COC(=O)c1cc(I)cc(C(F)(F)F)c1.COC(=O)c1cc(SC(F)(F)F)cc(C(F)(F)F)c1.I[I-](I)(I)I.O=C(O)c1cc(SC(F)(F)F)cc(C(F)(F)F)c1. The molecule has 3 aromatic rings. The van der Waals surface area contributed by atoms with Crippen molar-refractivity contribution in [1.29, 1.82) is 0 Å². The van der Waals surface area contributed by atoms with Crippen molar-refractivity contribution < 1.29 is 97.4 Å². The molecule has 3 rings (SSSR count). The van der Waals surface area contributed by atoms with Gasteiger partial charge in [0.25, 0.3) is 0 Å². The summed E-state index contributed by atoms with van der Waals surface area (Å²) in [5.41, 5.74) is -14.7. The number of hydrogen-bond donors (Lipinski definition) is 1. The van der Waals surface area contributed by atoms with Gasteiger partial charge in [-0.25, -0.2) is 14.4 Å². The number of rotatable bonds is 5. The third kappa shape index (κ3) is 36.8. The maximum absolute atomic E-state index is 12.5. The van der Waals surface area contributed by atoms with Gasteiger partial charge in [0.05, 0.1) is 47.6 Å². The number of alkyl halides is 16. The molecular weight excluding hydrogens is 1740 g/mol. The molecule has 0 atom stereocenters. The zero-order valence-electron chi connectivity index (χ0n) is 32.6. The van der Waals surface area contributed by atoms with Crippen LogP contribution in [0.25, 0.3) is 0 Å². The number of hydrogen-bond acceptors (Lipinski definition) is 7. The van der Waals surface area contributed by atoms with E-state index in [9.17, 15) is 80.2 Å². The van der Waals surface area contributed by atoms with E-state index in [0.29, 0.717) is 27.8 Å². The Morgan fingerprint density at radius 3 is 1.08 bits per heavy atom. The van der Waals surface area contributed by atoms with Crippen molar-refractivity contribution in [3.63, 3.8) is 0 Å². The summed E-state index contributed by atoms with van der Waals surface area (Å²) >= 11 is 12.6. The van der Waals surface area contributed by atoms with Crippen LogP contribution in [-0.4, -0.2) is 52.2 Å². The van der Waals surface area contributed by atoms with Gasteiger partial charge in [-0.3, -0.25) is 0 Å². The van der Waals surface area contributed by atoms with Gasteiger partial charge in [0.2, 0.25) is 0 Å². The Morgan fingerprint density at radius 2 is 0.828 bits per heavy atom. The molecule has 0 aliphatic heterocycles. The van der Waals surface area contributed by atoms with Gasteiger partial charge in [0.15, 0.2) is 0 Å². The fourth-order valence-corrected chi connectivity index (χ4v) is 5.21. The Balaban J connectivity index is -0.000000775. The van der Waals surface area contributed by atoms with Crippen molar-refractivity contribution in [2.45, 2.75) is 77.4 Å². The number of carboxylic acids is 1. The predicted molar refractivity (Wildman–Crippen MR) is 262 cm³/mol. The summed E-state index contributed by atoms with van der Waals surface area (Å²) in [6.45, 7) is 8.56.